The molecule has 0 saturated heterocycles. The zero-order chi connectivity index (χ0) is 21.3. The standard InChI is InChI=1S/C20H15F3N4O3/c1-12(17-24-9-2-10-25-17)11-27-18-16(29-19(27)28)8-7-15(26-18)13-3-5-14(6-4-13)30-20(21,22)23/h2-10,12H,11H2,1H3. The van der Waals surface area contributed by atoms with E-state index < -0.39 is 12.1 Å². The molecule has 0 aliphatic rings. The Morgan fingerprint density at radius 1 is 1.10 bits per heavy atom. The van der Waals surface area contributed by atoms with Gasteiger partial charge in [0.25, 0.3) is 0 Å². The molecule has 0 fully saturated rings. The van der Waals surface area contributed by atoms with Crippen molar-refractivity contribution in [3.8, 4) is 17.0 Å². The first-order valence-corrected chi connectivity index (χ1v) is 8.93. The number of halogens is 3. The van der Waals surface area contributed by atoms with E-state index in [0.717, 1.165) is 0 Å². The van der Waals surface area contributed by atoms with Gasteiger partial charge in [-0.25, -0.2) is 19.7 Å². The fourth-order valence-corrected chi connectivity index (χ4v) is 3.01. The number of nitrogens with zero attached hydrogens (tertiary/aromatic N) is 4. The summed E-state index contributed by atoms with van der Waals surface area (Å²) in [6.07, 6.45) is -1.51. The van der Waals surface area contributed by atoms with Crippen LogP contribution in [0.4, 0.5) is 13.2 Å². The summed E-state index contributed by atoms with van der Waals surface area (Å²) in [5.74, 6) is -0.486. The highest BCUT2D eigenvalue weighted by Crippen LogP contribution is 2.27. The molecule has 0 aliphatic carbocycles. The van der Waals surface area contributed by atoms with E-state index in [4.69, 9.17) is 4.42 Å². The molecule has 3 heterocycles. The third-order valence-corrected chi connectivity index (χ3v) is 4.38. The molecular formula is C20H15F3N4O3. The number of oxazole rings is 1. The zero-order valence-corrected chi connectivity index (χ0v) is 15.6. The monoisotopic (exact) mass is 416 g/mol. The molecule has 7 nitrogen and oxygen atoms in total. The number of ether oxygens (including phenoxy) is 1. The topological polar surface area (TPSA) is 83.0 Å². The lowest BCUT2D eigenvalue weighted by Gasteiger charge is -2.10. The second-order valence-electron chi connectivity index (χ2n) is 6.58. The number of hydrogen-bond acceptors (Lipinski definition) is 6. The van der Waals surface area contributed by atoms with E-state index in [1.165, 1.54) is 28.8 Å². The lowest BCUT2D eigenvalue weighted by molar-refractivity contribution is -0.274. The van der Waals surface area contributed by atoms with E-state index >= 15 is 0 Å². The van der Waals surface area contributed by atoms with Gasteiger partial charge in [0, 0.05) is 30.4 Å². The van der Waals surface area contributed by atoms with E-state index in [-0.39, 0.29) is 18.2 Å². The molecule has 3 aromatic heterocycles. The second-order valence-corrected chi connectivity index (χ2v) is 6.58. The van der Waals surface area contributed by atoms with Gasteiger partial charge in [0.1, 0.15) is 11.6 Å². The third kappa shape index (κ3) is 4.17. The van der Waals surface area contributed by atoms with Gasteiger partial charge in [-0.2, -0.15) is 0 Å². The SMILES string of the molecule is CC(Cn1c(=O)oc2ccc(-c3ccc(OC(F)(F)F)cc3)nc21)c1ncccn1. The maximum absolute atomic E-state index is 12.3. The van der Waals surface area contributed by atoms with Crippen molar-refractivity contribution in [3.63, 3.8) is 0 Å². The number of pyridine rings is 1. The first-order valence-electron chi connectivity index (χ1n) is 8.93. The molecule has 0 bridgehead atoms. The Labute approximate surface area is 167 Å². The van der Waals surface area contributed by atoms with E-state index in [0.29, 0.717) is 28.3 Å². The Kier molecular flexibility index (Phi) is 4.98. The summed E-state index contributed by atoms with van der Waals surface area (Å²) in [5, 5.41) is 0. The van der Waals surface area contributed by atoms with Crippen molar-refractivity contribution >= 4 is 11.2 Å². The molecule has 1 unspecified atom stereocenters. The average Bonchev–Trinajstić information content (AvgIpc) is 3.02. The molecule has 1 aromatic carbocycles. The summed E-state index contributed by atoms with van der Waals surface area (Å²) in [6, 6.07) is 10.2. The van der Waals surface area contributed by atoms with Gasteiger partial charge in [-0.05, 0) is 42.5 Å². The van der Waals surface area contributed by atoms with Crippen LogP contribution in [0.5, 0.6) is 5.75 Å². The molecule has 30 heavy (non-hydrogen) atoms. The largest absolute Gasteiger partial charge is 0.573 e. The maximum atomic E-state index is 12.3. The Hall–Kier alpha value is -3.69. The van der Waals surface area contributed by atoms with E-state index in [9.17, 15) is 18.0 Å². The van der Waals surface area contributed by atoms with Crippen molar-refractivity contribution in [2.45, 2.75) is 25.7 Å². The normalized spacial score (nSPS) is 12.8. The van der Waals surface area contributed by atoms with Crippen LogP contribution in [-0.4, -0.2) is 25.9 Å². The molecule has 0 amide bonds. The lowest BCUT2D eigenvalue weighted by Crippen LogP contribution is -2.19. The van der Waals surface area contributed by atoms with Crippen LogP contribution in [0, 0.1) is 0 Å². The van der Waals surface area contributed by atoms with Crippen LogP contribution in [0.2, 0.25) is 0 Å². The van der Waals surface area contributed by atoms with Crippen LogP contribution in [-0.2, 0) is 6.54 Å². The summed E-state index contributed by atoms with van der Waals surface area (Å²) in [6.45, 7) is 2.13. The number of rotatable bonds is 5. The van der Waals surface area contributed by atoms with Crippen LogP contribution in [0.25, 0.3) is 22.5 Å². The van der Waals surface area contributed by atoms with E-state index in [2.05, 4.69) is 19.7 Å². The number of benzene rings is 1. The molecule has 0 radical (unpaired) electrons. The van der Waals surface area contributed by atoms with Crippen LogP contribution in [0.3, 0.4) is 0 Å². The Bertz CT molecular complexity index is 1220. The van der Waals surface area contributed by atoms with Gasteiger partial charge in [-0.3, -0.25) is 4.57 Å². The summed E-state index contributed by atoms with van der Waals surface area (Å²) in [7, 11) is 0. The molecule has 154 valence electrons. The minimum atomic E-state index is -4.76. The van der Waals surface area contributed by atoms with Gasteiger partial charge in [0.15, 0.2) is 11.2 Å². The summed E-state index contributed by atoms with van der Waals surface area (Å²) in [4.78, 5) is 25.2. The van der Waals surface area contributed by atoms with Crippen LogP contribution in [0.1, 0.15) is 18.7 Å². The van der Waals surface area contributed by atoms with Gasteiger partial charge >= 0.3 is 12.1 Å². The number of fused-ring (bicyclic) bond motifs is 1. The van der Waals surface area contributed by atoms with Crippen molar-refractivity contribution in [2.24, 2.45) is 0 Å². The summed E-state index contributed by atoms with van der Waals surface area (Å²) < 4.78 is 47.5. The van der Waals surface area contributed by atoms with Gasteiger partial charge in [-0.1, -0.05) is 6.92 Å². The molecular weight excluding hydrogens is 401 g/mol. The lowest BCUT2D eigenvalue weighted by atomic mass is 10.1. The van der Waals surface area contributed by atoms with Gasteiger partial charge in [-0.15, -0.1) is 13.2 Å². The molecule has 10 heteroatoms. The first-order chi connectivity index (χ1) is 14.3. The molecule has 0 N–H and O–H groups in total. The summed E-state index contributed by atoms with van der Waals surface area (Å²) in [5.41, 5.74) is 1.67. The third-order valence-electron chi connectivity index (χ3n) is 4.38. The van der Waals surface area contributed by atoms with Crippen LogP contribution >= 0.6 is 0 Å². The van der Waals surface area contributed by atoms with Crippen molar-refractivity contribution in [1.29, 1.82) is 0 Å². The molecule has 0 saturated carbocycles. The molecule has 4 rings (SSSR count). The number of alkyl halides is 3. The number of aromatic nitrogens is 4. The average molecular weight is 416 g/mol. The first kappa shape index (κ1) is 19.6. The van der Waals surface area contributed by atoms with E-state index in [1.54, 1.807) is 30.6 Å². The maximum Gasteiger partial charge on any atom is 0.573 e. The summed E-state index contributed by atoms with van der Waals surface area (Å²) >= 11 is 0. The Morgan fingerprint density at radius 2 is 1.80 bits per heavy atom. The van der Waals surface area contributed by atoms with Crippen LogP contribution in [0.15, 0.2) is 64.1 Å². The highest BCUT2D eigenvalue weighted by molar-refractivity contribution is 5.73. The van der Waals surface area contributed by atoms with Crippen molar-refractivity contribution < 1.29 is 22.3 Å². The molecule has 4 aromatic rings. The van der Waals surface area contributed by atoms with Crippen molar-refractivity contribution in [2.75, 3.05) is 0 Å². The fraction of sp³-hybridized carbons (Fsp3) is 0.200. The van der Waals surface area contributed by atoms with E-state index in [1.807, 2.05) is 6.92 Å². The minimum Gasteiger partial charge on any atom is -0.406 e. The van der Waals surface area contributed by atoms with Crippen molar-refractivity contribution in [1.82, 2.24) is 19.5 Å². The Balaban J connectivity index is 1.65. The zero-order valence-electron chi connectivity index (χ0n) is 15.6. The predicted molar refractivity (Wildman–Crippen MR) is 101 cm³/mol. The fourth-order valence-electron chi connectivity index (χ4n) is 3.01. The van der Waals surface area contributed by atoms with Crippen molar-refractivity contribution in [3.05, 3.63) is 71.2 Å². The quantitative estimate of drug-likeness (QED) is 0.486. The Morgan fingerprint density at radius 3 is 2.47 bits per heavy atom. The van der Waals surface area contributed by atoms with Gasteiger partial charge in [0.2, 0.25) is 0 Å². The van der Waals surface area contributed by atoms with Crippen LogP contribution < -0.4 is 10.5 Å². The second kappa shape index (κ2) is 7.62. The molecule has 1 atom stereocenters. The molecule has 0 aliphatic heterocycles. The highest BCUT2D eigenvalue weighted by Gasteiger charge is 2.31. The predicted octanol–water partition coefficient (Wildman–Crippen LogP) is 4.15. The minimum absolute atomic E-state index is 0.172. The highest BCUT2D eigenvalue weighted by atomic mass is 19.4. The number of hydrogen-bond donors (Lipinski definition) is 0. The molecule has 0 spiro atoms. The van der Waals surface area contributed by atoms with Gasteiger partial charge in [0.05, 0.1) is 5.69 Å². The smallest absolute Gasteiger partial charge is 0.406 e. The van der Waals surface area contributed by atoms with Gasteiger partial charge < -0.3 is 9.15 Å².